The van der Waals surface area contributed by atoms with Crippen molar-refractivity contribution in [3.63, 3.8) is 0 Å². The van der Waals surface area contributed by atoms with Gasteiger partial charge in [0.1, 0.15) is 17.2 Å². The Bertz CT molecular complexity index is 1420. The average molecular weight is 572 g/mol. The molecule has 2 aliphatic rings. The summed E-state index contributed by atoms with van der Waals surface area (Å²) >= 11 is 0. The van der Waals surface area contributed by atoms with Crippen molar-refractivity contribution in [3.05, 3.63) is 47.9 Å². The first-order valence-electron chi connectivity index (χ1n) is 13.3. The molecule has 5 heterocycles. The van der Waals surface area contributed by atoms with Crippen LogP contribution in [0.25, 0.3) is 11.4 Å². The maximum absolute atomic E-state index is 14.0. The Morgan fingerprint density at radius 1 is 1.15 bits per heavy atom. The third-order valence-electron chi connectivity index (χ3n) is 7.37. The van der Waals surface area contributed by atoms with E-state index in [4.69, 9.17) is 16.2 Å². The normalized spacial score (nSPS) is 19.2. The second kappa shape index (κ2) is 11.1. The second-order valence-corrected chi connectivity index (χ2v) is 10.6. The molecule has 1 atom stereocenters. The molecule has 2 fully saturated rings. The zero-order chi connectivity index (χ0) is 29.4. The van der Waals surface area contributed by atoms with E-state index in [1.165, 1.54) is 12.3 Å². The number of rotatable bonds is 5. The summed E-state index contributed by atoms with van der Waals surface area (Å²) in [5, 5.41) is 2.71. The summed E-state index contributed by atoms with van der Waals surface area (Å²) in [4.78, 5) is 34.1. The molecule has 2 aliphatic heterocycles. The number of pyridine rings is 2. The molecule has 0 spiro atoms. The van der Waals surface area contributed by atoms with E-state index in [0.717, 1.165) is 25.1 Å². The summed E-state index contributed by atoms with van der Waals surface area (Å²) in [6.45, 7) is 6.55. The van der Waals surface area contributed by atoms with Gasteiger partial charge in [-0.3, -0.25) is 4.79 Å². The first-order valence-corrected chi connectivity index (χ1v) is 13.3. The molecule has 0 aromatic carbocycles. The van der Waals surface area contributed by atoms with Crippen molar-refractivity contribution in [2.75, 3.05) is 53.7 Å². The SMILES string of the molecule is CC1COCCN1c1ccc(C(F)(F)F)c(-c2cnc(N)c(C(=O)Nc3ncccc3N3CCC(C)(N)CC3)n2)n1. The zero-order valence-electron chi connectivity index (χ0n) is 22.8. The molecule has 3 aromatic rings. The van der Waals surface area contributed by atoms with Gasteiger partial charge in [0.25, 0.3) is 5.91 Å². The zero-order valence-corrected chi connectivity index (χ0v) is 22.8. The molecule has 5 rings (SSSR count). The van der Waals surface area contributed by atoms with E-state index < -0.39 is 23.3 Å². The highest BCUT2D eigenvalue weighted by molar-refractivity contribution is 6.06. The van der Waals surface area contributed by atoms with Crippen molar-refractivity contribution in [1.29, 1.82) is 0 Å². The average Bonchev–Trinajstić information content (AvgIpc) is 2.93. The fourth-order valence-corrected chi connectivity index (χ4v) is 4.95. The molecule has 1 unspecified atom stereocenters. The predicted octanol–water partition coefficient (Wildman–Crippen LogP) is 3.33. The number of ether oxygens (including phenoxy) is 1. The minimum Gasteiger partial charge on any atom is -0.382 e. The molecule has 14 heteroatoms. The summed E-state index contributed by atoms with van der Waals surface area (Å²) in [7, 11) is 0. The van der Waals surface area contributed by atoms with Crippen LogP contribution in [-0.2, 0) is 10.9 Å². The van der Waals surface area contributed by atoms with Crippen molar-refractivity contribution < 1.29 is 22.7 Å². The van der Waals surface area contributed by atoms with E-state index >= 15 is 0 Å². The fourth-order valence-electron chi connectivity index (χ4n) is 4.95. The van der Waals surface area contributed by atoms with Crippen LogP contribution in [0.1, 0.15) is 42.7 Å². The lowest BCUT2D eigenvalue weighted by molar-refractivity contribution is -0.137. The first kappa shape index (κ1) is 28.5. The van der Waals surface area contributed by atoms with Crippen LogP contribution in [0.15, 0.2) is 36.7 Å². The molecule has 0 saturated carbocycles. The van der Waals surface area contributed by atoms with Crippen LogP contribution in [0, 0.1) is 0 Å². The van der Waals surface area contributed by atoms with Gasteiger partial charge in [-0.2, -0.15) is 13.2 Å². The summed E-state index contributed by atoms with van der Waals surface area (Å²) in [6.07, 6.45) is -0.599. The third-order valence-corrected chi connectivity index (χ3v) is 7.37. The molecule has 11 nitrogen and oxygen atoms in total. The molecule has 41 heavy (non-hydrogen) atoms. The lowest BCUT2D eigenvalue weighted by Crippen LogP contribution is -2.48. The minimum absolute atomic E-state index is 0.0919. The van der Waals surface area contributed by atoms with Gasteiger partial charge in [-0.15, -0.1) is 0 Å². The standard InChI is InChI=1S/C27H32F3N9O2/c1-16-15-41-13-12-39(16)20-6-5-17(27(28,29)30)21(36-20)18-14-34-23(31)22(35-18)25(40)37-24-19(4-3-9-33-24)38-10-7-26(2,32)8-11-38/h3-6,9,14,16H,7-8,10-13,15,32H2,1-2H3,(H2,31,34)(H,33,37,40). The number of aromatic nitrogens is 4. The number of anilines is 4. The highest BCUT2D eigenvalue weighted by Crippen LogP contribution is 2.37. The summed E-state index contributed by atoms with van der Waals surface area (Å²) in [5.41, 5.74) is 10.6. The van der Waals surface area contributed by atoms with Gasteiger partial charge in [0.05, 0.1) is 36.7 Å². The number of carbonyl (C=O) groups excluding carboxylic acids is 1. The monoisotopic (exact) mass is 571 g/mol. The summed E-state index contributed by atoms with van der Waals surface area (Å²) in [5.74, 6) is -0.403. The van der Waals surface area contributed by atoms with Crippen LogP contribution in [-0.4, -0.2) is 70.3 Å². The van der Waals surface area contributed by atoms with Crippen LogP contribution in [0.5, 0.6) is 0 Å². The lowest BCUT2D eigenvalue weighted by atomic mass is 9.91. The van der Waals surface area contributed by atoms with Crippen LogP contribution >= 0.6 is 0 Å². The maximum Gasteiger partial charge on any atom is 0.418 e. The number of amides is 1. The van der Waals surface area contributed by atoms with Gasteiger partial charge in [0.2, 0.25) is 0 Å². The van der Waals surface area contributed by atoms with Gasteiger partial charge in [-0.25, -0.2) is 19.9 Å². The van der Waals surface area contributed by atoms with E-state index in [9.17, 15) is 18.0 Å². The van der Waals surface area contributed by atoms with Gasteiger partial charge in [-0.1, -0.05) is 0 Å². The Labute approximate surface area is 235 Å². The van der Waals surface area contributed by atoms with Crippen molar-refractivity contribution in [2.24, 2.45) is 5.73 Å². The number of piperidine rings is 1. The number of alkyl halides is 3. The van der Waals surface area contributed by atoms with E-state index in [0.29, 0.717) is 44.4 Å². The highest BCUT2D eigenvalue weighted by atomic mass is 19.4. The Kier molecular flexibility index (Phi) is 7.70. The van der Waals surface area contributed by atoms with Crippen LogP contribution in [0.2, 0.25) is 0 Å². The number of hydrogen-bond donors (Lipinski definition) is 3. The molecule has 218 valence electrons. The van der Waals surface area contributed by atoms with Crippen molar-refractivity contribution in [1.82, 2.24) is 19.9 Å². The molecule has 5 N–H and O–H groups in total. The number of nitrogen functional groups attached to an aromatic ring is 1. The largest absolute Gasteiger partial charge is 0.418 e. The van der Waals surface area contributed by atoms with Gasteiger partial charge in [0, 0.05) is 31.4 Å². The molecule has 0 bridgehead atoms. The lowest BCUT2D eigenvalue weighted by Gasteiger charge is -2.38. The quantitative estimate of drug-likeness (QED) is 0.416. The second-order valence-electron chi connectivity index (χ2n) is 10.6. The number of halogens is 3. The van der Waals surface area contributed by atoms with Crippen LogP contribution in [0.3, 0.4) is 0 Å². The Balaban J connectivity index is 1.47. The molecule has 0 radical (unpaired) electrons. The van der Waals surface area contributed by atoms with E-state index in [1.54, 1.807) is 6.07 Å². The number of morpholine rings is 1. The highest BCUT2D eigenvalue weighted by Gasteiger charge is 2.36. The molecule has 2 saturated heterocycles. The molecule has 3 aromatic heterocycles. The maximum atomic E-state index is 14.0. The van der Waals surface area contributed by atoms with Gasteiger partial charge < -0.3 is 31.3 Å². The van der Waals surface area contributed by atoms with Crippen LogP contribution < -0.4 is 26.6 Å². The molecule has 0 aliphatic carbocycles. The van der Waals surface area contributed by atoms with Crippen molar-refractivity contribution in [3.8, 4) is 11.4 Å². The van der Waals surface area contributed by atoms with Gasteiger partial charge in [-0.05, 0) is 51.0 Å². The Hall–Kier alpha value is -4.04. The van der Waals surface area contributed by atoms with E-state index in [-0.39, 0.29) is 34.6 Å². The number of nitrogens with one attached hydrogen (secondary N) is 1. The van der Waals surface area contributed by atoms with Crippen molar-refractivity contribution in [2.45, 2.75) is 44.4 Å². The van der Waals surface area contributed by atoms with Gasteiger partial charge in [0.15, 0.2) is 17.3 Å². The Morgan fingerprint density at radius 3 is 2.61 bits per heavy atom. The van der Waals surface area contributed by atoms with Crippen molar-refractivity contribution >= 4 is 29.0 Å². The third kappa shape index (κ3) is 6.17. The topological polar surface area (TPSA) is 148 Å². The number of nitrogens with zero attached hydrogens (tertiary/aromatic N) is 6. The molecular formula is C27H32F3N9O2. The minimum atomic E-state index is -4.72. The molecule has 1 amide bonds. The smallest absolute Gasteiger partial charge is 0.382 e. The van der Waals surface area contributed by atoms with Gasteiger partial charge >= 0.3 is 6.18 Å². The number of hydrogen-bond acceptors (Lipinski definition) is 10. The summed E-state index contributed by atoms with van der Waals surface area (Å²) in [6, 6.07) is 5.77. The predicted molar refractivity (Wildman–Crippen MR) is 149 cm³/mol. The Morgan fingerprint density at radius 2 is 1.90 bits per heavy atom. The van der Waals surface area contributed by atoms with Crippen LogP contribution in [0.4, 0.5) is 36.3 Å². The number of nitrogens with two attached hydrogens (primary N) is 2. The number of carbonyl (C=O) groups is 1. The first-order chi connectivity index (χ1) is 19.4. The van der Waals surface area contributed by atoms with E-state index in [2.05, 4.69) is 30.2 Å². The molecular weight excluding hydrogens is 539 g/mol. The summed E-state index contributed by atoms with van der Waals surface area (Å²) < 4.78 is 47.5. The van der Waals surface area contributed by atoms with E-state index in [1.807, 2.05) is 24.8 Å². The fraction of sp³-hybridized carbons (Fsp3) is 0.444.